The largest absolute Gasteiger partial charge is 2.00 e. The molecule has 1 aromatic rings. The van der Waals surface area contributed by atoms with Gasteiger partial charge in [0.15, 0.2) is 0 Å². The molecule has 0 unspecified atom stereocenters. The maximum Gasteiger partial charge on any atom is 2.00 e. The molecule has 0 bridgehead atoms. The molecule has 0 aromatic heterocycles. The van der Waals surface area contributed by atoms with Crippen molar-refractivity contribution in [2.45, 2.75) is 63.7 Å². The van der Waals surface area contributed by atoms with E-state index in [-0.39, 0.29) is 35.0 Å². The first kappa shape index (κ1) is 21.9. The van der Waals surface area contributed by atoms with E-state index in [4.69, 9.17) is 0 Å². The number of rotatable bonds is 11. The van der Waals surface area contributed by atoms with Crippen molar-refractivity contribution < 1.29 is 19.8 Å². The summed E-state index contributed by atoms with van der Waals surface area (Å²) in [5.74, 6) is -3.19. The summed E-state index contributed by atoms with van der Waals surface area (Å²) < 4.78 is 0. The topological polar surface area (TPSA) is 80.3 Å². The second-order valence-electron chi connectivity index (χ2n) is 5.72. The average Bonchev–Trinajstić information content (AvgIpc) is 2.50. The molecule has 0 N–H and O–H groups in total. The third-order valence-electron chi connectivity index (χ3n) is 4.12. The van der Waals surface area contributed by atoms with Crippen LogP contribution in [0, 0.1) is 0 Å². The summed E-state index contributed by atoms with van der Waals surface area (Å²) in [7, 11) is 0. The number of hydrogen-bond donors (Lipinski definition) is 0. The van der Waals surface area contributed by atoms with E-state index in [9.17, 15) is 19.8 Å². The number of benzene rings is 1. The first-order chi connectivity index (χ1) is 10.6. The quantitative estimate of drug-likeness (QED) is 0.347. The Morgan fingerprint density at radius 3 is 1.83 bits per heavy atom. The van der Waals surface area contributed by atoms with Crippen LogP contribution in [-0.2, 0) is 15.0 Å². The second kappa shape index (κ2) is 11.5. The van der Waals surface area contributed by atoms with E-state index in [0.29, 0.717) is 6.42 Å². The zero-order valence-electron chi connectivity index (χ0n) is 13.9. The molecule has 0 saturated carbocycles. The van der Waals surface area contributed by atoms with Gasteiger partial charge in [-0.05, 0) is 12.0 Å². The Hall–Kier alpha value is -1.07. The van der Waals surface area contributed by atoms with Crippen LogP contribution in [0.15, 0.2) is 30.3 Å². The Morgan fingerprint density at radius 2 is 1.35 bits per heavy atom. The van der Waals surface area contributed by atoms with Gasteiger partial charge in [0, 0.05) is 0 Å². The first-order valence-corrected chi connectivity index (χ1v) is 8.04. The van der Waals surface area contributed by atoms with Gasteiger partial charge in [0.25, 0.3) is 0 Å². The molecule has 0 aliphatic rings. The van der Waals surface area contributed by atoms with Crippen LogP contribution < -0.4 is 10.2 Å². The van der Waals surface area contributed by atoms with Crippen molar-refractivity contribution in [3.63, 3.8) is 0 Å². The molecule has 0 saturated heterocycles. The molecule has 122 valence electrons. The van der Waals surface area contributed by atoms with Crippen LogP contribution in [0.4, 0.5) is 0 Å². The van der Waals surface area contributed by atoms with E-state index in [1.807, 2.05) is 0 Å². The van der Waals surface area contributed by atoms with E-state index in [1.54, 1.807) is 18.2 Å². The minimum atomic E-state index is -2.05. The van der Waals surface area contributed by atoms with Gasteiger partial charge in [-0.1, -0.05) is 82.2 Å². The third kappa shape index (κ3) is 6.14. The standard InChI is InChI=1S/C18H26O4.Mg/c1-2-3-4-5-6-7-11-14-18(16(19)20,17(21)22)15-12-9-8-10-13-15;/h8-10,12-13H,2-7,11,14H2,1H3,(H,19,20)(H,21,22);/q;+2/p-2. The van der Waals surface area contributed by atoms with E-state index in [2.05, 4.69) is 6.92 Å². The number of carboxylic acid groups (broad SMARTS) is 2. The molecular weight excluding hydrogens is 304 g/mol. The molecule has 0 aliphatic carbocycles. The van der Waals surface area contributed by atoms with E-state index in [1.165, 1.54) is 31.4 Å². The number of carboxylic acids is 2. The average molecular weight is 329 g/mol. The maximum absolute atomic E-state index is 11.5. The molecule has 1 aromatic carbocycles. The number of unbranched alkanes of at least 4 members (excludes halogenated alkanes) is 6. The second-order valence-corrected chi connectivity index (χ2v) is 5.72. The van der Waals surface area contributed by atoms with Gasteiger partial charge >= 0.3 is 23.1 Å². The predicted molar refractivity (Wildman–Crippen MR) is 86.5 cm³/mol. The van der Waals surface area contributed by atoms with Crippen LogP contribution in [-0.4, -0.2) is 35.0 Å². The molecule has 0 spiro atoms. The Labute approximate surface area is 154 Å². The molecule has 0 heterocycles. The zero-order valence-corrected chi connectivity index (χ0v) is 15.3. The molecule has 1 rings (SSSR count). The Kier molecular flexibility index (Phi) is 10.9. The summed E-state index contributed by atoms with van der Waals surface area (Å²) in [5, 5.41) is 23.1. The number of carbonyl (C=O) groups is 2. The molecule has 23 heavy (non-hydrogen) atoms. The van der Waals surface area contributed by atoms with Gasteiger partial charge in [-0.25, -0.2) is 0 Å². The van der Waals surface area contributed by atoms with Gasteiger partial charge in [-0.3, -0.25) is 0 Å². The minimum Gasteiger partial charge on any atom is -0.549 e. The fourth-order valence-electron chi connectivity index (χ4n) is 2.74. The SMILES string of the molecule is CCCCCCCCCC(C(=O)[O-])(C(=O)[O-])c1ccccc1.[Mg+2]. The predicted octanol–water partition coefficient (Wildman–Crippen LogP) is 1.18. The van der Waals surface area contributed by atoms with Crippen molar-refractivity contribution >= 4 is 35.0 Å². The number of hydrogen-bond acceptors (Lipinski definition) is 4. The van der Waals surface area contributed by atoms with Crippen LogP contribution in [0.25, 0.3) is 0 Å². The van der Waals surface area contributed by atoms with Gasteiger partial charge in [0.05, 0.1) is 17.4 Å². The van der Waals surface area contributed by atoms with Crippen molar-refractivity contribution in [3.8, 4) is 0 Å². The normalized spacial score (nSPS) is 10.8. The summed E-state index contributed by atoms with van der Waals surface area (Å²) in [4.78, 5) is 23.1. The van der Waals surface area contributed by atoms with Gasteiger partial charge in [0.1, 0.15) is 0 Å². The Morgan fingerprint density at radius 1 is 0.870 bits per heavy atom. The van der Waals surface area contributed by atoms with Crippen molar-refractivity contribution in [2.24, 2.45) is 0 Å². The molecule has 0 fully saturated rings. The molecule has 0 atom stereocenters. The van der Waals surface area contributed by atoms with Crippen molar-refractivity contribution in [2.75, 3.05) is 0 Å². The van der Waals surface area contributed by atoms with Crippen molar-refractivity contribution in [1.29, 1.82) is 0 Å². The van der Waals surface area contributed by atoms with Gasteiger partial charge in [-0.15, -0.1) is 0 Å². The van der Waals surface area contributed by atoms with Gasteiger partial charge < -0.3 is 19.8 Å². The molecular formula is C18H24MgO4. The van der Waals surface area contributed by atoms with Crippen LogP contribution in [0.1, 0.15) is 63.9 Å². The number of aliphatic carboxylic acids is 2. The molecule has 4 nitrogen and oxygen atoms in total. The summed E-state index contributed by atoms with van der Waals surface area (Å²) >= 11 is 0. The minimum absolute atomic E-state index is 0. The van der Waals surface area contributed by atoms with Crippen LogP contribution in [0.2, 0.25) is 0 Å². The fourth-order valence-corrected chi connectivity index (χ4v) is 2.74. The van der Waals surface area contributed by atoms with E-state index < -0.39 is 17.4 Å². The van der Waals surface area contributed by atoms with Gasteiger partial charge in [0.2, 0.25) is 0 Å². The smallest absolute Gasteiger partial charge is 0.549 e. The van der Waals surface area contributed by atoms with E-state index >= 15 is 0 Å². The monoisotopic (exact) mass is 328 g/mol. The van der Waals surface area contributed by atoms with Crippen molar-refractivity contribution in [3.05, 3.63) is 35.9 Å². The molecule has 0 amide bonds. The fraction of sp³-hybridized carbons (Fsp3) is 0.556. The van der Waals surface area contributed by atoms with Crippen LogP contribution in [0.3, 0.4) is 0 Å². The number of carbonyl (C=O) groups excluding carboxylic acids is 2. The molecule has 0 aliphatic heterocycles. The van der Waals surface area contributed by atoms with Crippen molar-refractivity contribution in [1.82, 2.24) is 0 Å². The third-order valence-corrected chi connectivity index (χ3v) is 4.12. The zero-order chi connectivity index (χ0) is 16.4. The molecule has 5 heteroatoms. The van der Waals surface area contributed by atoms with E-state index in [0.717, 1.165) is 19.3 Å². The molecule has 0 radical (unpaired) electrons. The summed E-state index contributed by atoms with van der Waals surface area (Å²) in [6.45, 7) is 2.15. The summed E-state index contributed by atoms with van der Waals surface area (Å²) in [6.07, 6.45) is 6.99. The van der Waals surface area contributed by atoms with Crippen LogP contribution >= 0.6 is 0 Å². The summed E-state index contributed by atoms with van der Waals surface area (Å²) in [5.41, 5.74) is -1.83. The Balaban J connectivity index is 0.00000484. The maximum atomic E-state index is 11.5. The van der Waals surface area contributed by atoms with Crippen LogP contribution in [0.5, 0.6) is 0 Å². The first-order valence-electron chi connectivity index (χ1n) is 8.04. The summed E-state index contributed by atoms with van der Waals surface area (Å²) in [6, 6.07) is 7.98. The van der Waals surface area contributed by atoms with Gasteiger partial charge in [-0.2, -0.15) is 0 Å². The Bertz CT molecular complexity index is 459.